The molecule has 2 aliphatic rings. The van der Waals surface area contributed by atoms with Gasteiger partial charge in [-0.2, -0.15) is 5.10 Å². The van der Waals surface area contributed by atoms with Gasteiger partial charge in [0.05, 0.1) is 5.69 Å². The maximum Gasteiger partial charge on any atom is 0.220 e. The van der Waals surface area contributed by atoms with Crippen molar-refractivity contribution in [2.24, 2.45) is 17.8 Å². The number of fused-ring (bicyclic) bond motifs is 2. The molecule has 0 saturated heterocycles. The number of para-hydroxylation sites is 1. The second-order valence-electron chi connectivity index (χ2n) is 6.49. The van der Waals surface area contributed by atoms with Crippen molar-refractivity contribution in [2.45, 2.75) is 25.8 Å². The predicted molar refractivity (Wildman–Crippen MR) is 86.7 cm³/mol. The van der Waals surface area contributed by atoms with Gasteiger partial charge in [-0.05, 0) is 42.2 Å². The minimum atomic E-state index is 0.143. The van der Waals surface area contributed by atoms with E-state index in [9.17, 15) is 4.79 Å². The van der Waals surface area contributed by atoms with E-state index in [-0.39, 0.29) is 5.91 Å². The second-order valence-corrected chi connectivity index (χ2v) is 6.49. The third kappa shape index (κ3) is 2.91. The van der Waals surface area contributed by atoms with Crippen LogP contribution in [0.2, 0.25) is 0 Å². The Morgan fingerprint density at radius 2 is 2.17 bits per heavy atom. The van der Waals surface area contributed by atoms with E-state index in [0.29, 0.717) is 30.7 Å². The van der Waals surface area contributed by atoms with E-state index in [0.717, 1.165) is 11.3 Å². The summed E-state index contributed by atoms with van der Waals surface area (Å²) in [6.45, 7) is 0.519. The van der Waals surface area contributed by atoms with Gasteiger partial charge in [-0.25, -0.2) is 9.67 Å². The first kappa shape index (κ1) is 14.2. The highest BCUT2D eigenvalue weighted by atomic mass is 16.1. The Hall–Kier alpha value is -2.43. The summed E-state index contributed by atoms with van der Waals surface area (Å²) >= 11 is 0. The van der Waals surface area contributed by atoms with Gasteiger partial charge >= 0.3 is 0 Å². The number of hydrogen-bond acceptors (Lipinski definition) is 3. The van der Waals surface area contributed by atoms with Crippen LogP contribution in [0.3, 0.4) is 0 Å². The van der Waals surface area contributed by atoms with Gasteiger partial charge in [-0.1, -0.05) is 30.4 Å². The van der Waals surface area contributed by atoms with Gasteiger partial charge in [0.25, 0.3) is 0 Å². The number of aromatic nitrogens is 3. The standard InChI is InChI=1S/C18H20N4O/c23-18(9-16-8-13-5-6-14(16)7-13)20-10-15-3-1-2-4-17(15)22-12-19-11-21-22/h1-6,11-14,16H,7-10H2,(H,20,23)/t13-,14+,16+/m1/s1. The van der Waals surface area contributed by atoms with Gasteiger partial charge in [-0.15, -0.1) is 0 Å². The van der Waals surface area contributed by atoms with Crippen LogP contribution in [0.1, 0.15) is 24.8 Å². The van der Waals surface area contributed by atoms with E-state index in [2.05, 4.69) is 27.6 Å². The number of carbonyl (C=O) groups excluding carboxylic acids is 1. The van der Waals surface area contributed by atoms with Crippen molar-refractivity contribution in [3.63, 3.8) is 0 Å². The largest absolute Gasteiger partial charge is 0.352 e. The summed E-state index contributed by atoms with van der Waals surface area (Å²) in [5.74, 6) is 2.00. The lowest BCUT2D eigenvalue weighted by atomic mass is 9.90. The highest BCUT2D eigenvalue weighted by molar-refractivity contribution is 5.76. The first-order valence-electron chi connectivity index (χ1n) is 8.17. The quantitative estimate of drug-likeness (QED) is 0.863. The van der Waals surface area contributed by atoms with Gasteiger partial charge in [0.2, 0.25) is 5.91 Å². The molecular formula is C18H20N4O. The highest BCUT2D eigenvalue weighted by Crippen LogP contribution is 2.44. The summed E-state index contributed by atoms with van der Waals surface area (Å²) in [6, 6.07) is 7.93. The molecule has 2 bridgehead atoms. The third-order valence-corrected chi connectivity index (χ3v) is 5.00. The summed E-state index contributed by atoms with van der Waals surface area (Å²) < 4.78 is 1.72. The predicted octanol–water partition coefficient (Wildman–Crippen LogP) is 2.49. The van der Waals surface area contributed by atoms with Crippen LogP contribution in [-0.4, -0.2) is 20.7 Å². The minimum Gasteiger partial charge on any atom is -0.352 e. The van der Waals surface area contributed by atoms with E-state index in [1.807, 2.05) is 24.3 Å². The van der Waals surface area contributed by atoms with Crippen LogP contribution < -0.4 is 5.32 Å². The van der Waals surface area contributed by atoms with E-state index < -0.39 is 0 Å². The molecule has 23 heavy (non-hydrogen) atoms. The summed E-state index contributed by atoms with van der Waals surface area (Å²) in [5, 5.41) is 7.23. The fourth-order valence-electron chi connectivity index (χ4n) is 3.85. The fourth-order valence-corrected chi connectivity index (χ4v) is 3.85. The molecule has 0 spiro atoms. The van der Waals surface area contributed by atoms with Crippen molar-refractivity contribution in [3.8, 4) is 5.69 Å². The number of allylic oxidation sites excluding steroid dienone is 2. The zero-order valence-corrected chi connectivity index (χ0v) is 12.9. The van der Waals surface area contributed by atoms with Crippen LogP contribution in [0.4, 0.5) is 0 Å². The summed E-state index contributed by atoms with van der Waals surface area (Å²) in [7, 11) is 0. The molecule has 1 heterocycles. The zero-order chi connectivity index (χ0) is 15.6. The molecule has 1 amide bonds. The van der Waals surface area contributed by atoms with Crippen LogP contribution in [-0.2, 0) is 11.3 Å². The van der Waals surface area contributed by atoms with Gasteiger partial charge in [0, 0.05) is 13.0 Å². The number of hydrogen-bond donors (Lipinski definition) is 1. The van der Waals surface area contributed by atoms with Crippen molar-refractivity contribution in [3.05, 3.63) is 54.6 Å². The van der Waals surface area contributed by atoms with Crippen LogP contribution in [0, 0.1) is 17.8 Å². The molecule has 5 nitrogen and oxygen atoms in total. The molecular weight excluding hydrogens is 288 g/mol. The Morgan fingerprint density at radius 3 is 2.91 bits per heavy atom. The lowest BCUT2D eigenvalue weighted by Crippen LogP contribution is -2.26. The first-order chi connectivity index (χ1) is 11.3. The van der Waals surface area contributed by atoms with Crippen molar-refractivity contribution >= 4 is 5.91 Å². The van der Waals surface area contributed by atoms with E-state index in [1.165, 1.54) is 19.2 Å². The molecule has 1 aromatic carbocycles. The first-order valence-corrected chi connectivity index (χ1v) is 8.17. The lowest BCUT2D eigenvalue weighted by molar-refractivity contribution is -0.122. The van der Waals surface area contributed by atoms with Crippen LogP contribution in [0.15, 0.2) is 49.1 Å². The smallest absolute Gasteiger partial charge is 0.220 e. The number of nitrogens with one attached hydrogen (secondary N) is 1. The number of carbonyl (C=O) groups is 1. The molecule has 0 aliphatic heterocycles. The SMILES string of the molecule is O=C(C[C@@H]1C[C@@H]2C=C[C@H]1C2)NCc1ccccc1-n1cncn1. The Kier molecular flexibility index (Phi) is 3.69. The molecule has 4 rings (SSSR count). The van der Waals surface area contributed by atoms with Crippen molar-refractivity contribution in [2.75, 3.05) is 0 Å². The molecule has 5 heteroatoms. The molecule has 3 atom stereocenters. The Morgan fingerprint density at radius 1 is 1.26 bits per heavy atom. The Balaban J connectivity index is 1.38. The topological polar surface area (TPSA) is 59.8 Å². The molecule has 1 aromatic heterocycles. The number of benzene rings is 1. The fraction of sp³-hybridized carbons (Fsp3) is 0.389. The zero-order valence-electron chi connectivity index (χ0n) is 12.9. The summed E-state index contributed by atoms with van der Waals surface area (Å²) in [4.78, 5) is 16.3. The van der Waals surface area contributed by atoms with Crippen molar-refractivity contribution < 1.29 is 4.79 Å². The van der Waals surface area contributed by atoms with Crippen molar-refractivity contribution in [1.82, 2.24) is 20.1 Å². The van der Waals surface area contributed by atoms with Crippen molar-refractivity contribution in [1.29, 1.82) is 0 Å². The third-order valence-electron chi connectivity index (χ3n) is 5.00. The number of amides is 1. The molecule has 0 unspecified atom stereocenters. The van der Waals surface area contributed by atoms with Gasteiger partial charge in [0.15, 0.2) is 0 Å². The Labute approximate surface area is 135 Å². The van der Waals surface area contributed by atoms with E-state index in [1.54, 1.807) is 11.0 Å². The van der Waals surface area contributed by atoms with E-state index in [4.69, 9.17) is 0 Å². The monoisotopic (exact) mass is 308 g/mol. The van der Waals surface area contributed by atoms with E-state index >= 15 is 0 Å². The number of rotatable bonds is 5. The molecule has 2 aliphatic carbocycles. The van der Waals surface area contributed by atoms with Crippen LogP contribution in [0.25, 0.3) is 5.69 Å². The summed E-state index contributed by atoms with van der Waals surface area (Å²) in [5.41, 5.74) is 1.99. The maximum atomic E-state index is 12.3. The van der Waals surface area contributed by atoms with Gasteiger partial charge in [0.1, 0.15) is 12.7 Å². The Bertz CT molecular complexity index is 722. The molecule has 1 N–H and O–H groups in total. The normalized spacial score (nSPS) is 25.0. The minimum absolute atomic E-state index is 0.143. The second kappa shape index (κ2) is 5.99. The highest BCUT2D eigenvalue weighted by Gasteiger charge is 2.36. The molecule has 2 aromatic rings. The molecule has 1 saturated carbocycles. The number of nitrogens with zero attached hydrogens (tertiary/aromatic N) is 3. The maximum absolute atomic E-state index is 12.3. The van der Waals surface area contributed by atoms with Gasteiger partial charge < -0.3 is 5.32 Å². The molecule has 1 fully saturated rings. The lowest BCUT2D eigenvalue weighted by Gasteiger charge is -2.17. The summed E-state index contributed by atoms with van der Waals surface area (Å²) in [6.07, 6.45) is 10.8. The van der Waals surface area contributed by atoms with Crippen LogP contribution >= 0.6 is 0 Å². The average Bonchev–Trinajstić information content (AvgIpc) is 3.31. The molecule has 0 radical (unpaired) electrons. The average molecular weight is 308 g/mol. The molecule has 118 valence electrons. The van der Waals surface area contributed by atoms with Crippen LogP contribution in [0.5, 0.6) is 0 Å². The van der Waals surface area contributed by atoms with Gasteiger partial charge in [-0.3, -0.25) is 4.79 Å².